The number of oxazole rings is 1. The Morgan fingerprint density at radius 2 is 1.94 bits per heavy atom. The van der Waals surface area contributed by atoms with Gasteiger partial charge in [-0.2, -0.15) is 0 Å². The maximum absolute atomic E-state index is 13.2. The second-order valence-corrected chi connectivity index (χ2v) is 9.53. The Kier molecular flexibility index (Phi) is 6.72. The third-order valence-electron chi connectivity index (χ3n) is 5.66. The van der Waals surface area contributed by atoms with Crippen molar-refractivity contribution < 1.29 is 23.5 Å². The molecule has 0 radical (unpaired) electrons. The number of nitrogens with zero attached hydrogens (tertiary/aromatic N) is 3. The fourth-order valence-corrected chi connectivity index (χ4v) is 4.16. The highest BCUT2D eigenvalue weighted by molar-refractivity contribution is 6.39. The van der Waals surface area contributed by atoms with Crippen LogP contribution in [-0.4, -0.2) is 44.9 Å². The van der Waals surface area contributed by atoms with Gasteiger partial charge >= 0.3 is 17.9 Å². The first-order valence-electron chi connectivity index (χ1n) is 11.5. The molecule has 2 N–H and O–H groups in total. The van der Waals surface area contributed by atoms with Crippen LogP contribution in [0.25, 0.3) is 11.1 Å². The molecular weight excluding hydrogens is 450 g/mol. The van der Waals surface area contributed by atoms with Crippen LogP contribution >= 0.6 is 0 Å². The molecule has 3 amide bonds. The predicted octanol–water partition coefficient (Wildman–Crippen LogP) is 4.57. The Bertz CT molecular complexity index is 1260. The number of para-hydroxylation sites is 1. The van der Waals surface area contributed by atoms with E-state index < -0.39 is 23.5 Å². The zero-order valence-corrected chi connectivity index (χ0v) is 20.3. The molecule has 0 spiro atoms. The number of ether oxygens (including phenoxy) is 1. The molecule has 10 heteroatoms. The van der Waals surface area contributed by atoms with Gasteiger partial charge in [0.2, 0.25) is 0 Å². The monoisotopic (exact) mass is 479 g/mol. The molecule has 1 fully saturated rings. The summed E-state index contributed by atoms with van der Waals surface area (Å²) in [5, 5.41) is 5.22. The molecule has 1 aliphatic rings. The van der Waals surface area contributed by atoms with Crippen LogP contribution in [0.1, 0.15) is 57.2 Å². The number of rotatable bonds is 3. The van der Waals surface area contributed by atoms with E-state index in [1.165, 1.54) is 12.6 Å². The van der Waals surface area contributed by atoms with Gasteiger partial charge in [-0.1, -0.05) is 12.1 Å². The first-order chi connectivity index (χ1) is 16.6. The topological polar surface area (TPSA) is 127 Å². The van der Waals surface area contributed by atoms with Crippen LogP contribution < -0.4 is 10.6 Å². The number of carbonyl (C=O) groups excluding carboxylic acids is 3. The van der Waals surface area contributed by atoms with Crippen LogP contribution in [0.2, 0.25) is 0 Å². The number of benzene rings is 1. The molecule has 0 bridgehead atoms. The summed E-state index contributed by atoms with van der Waals surface area (Å²) < 4.78 is 10.6. The molecule has 1 unspecified atom stereocenters. The molecule has 2 aromatic heterocycles. The summed E-state index contributed by atoms with van der Waals surface area (Å²) in [5.74, 6) is -1.07. The van der Waals surface area contributed by atoms with E-state index in [1.54, 1.807) is 38.7 Å². The molecule has 0 saturated carbocycles. The number of aromatic nitrogens is 2. The summed E-state index contributed by atoms with van der Waals surface area (Å²) >= 11 is 0. The van der Waals surface area contributed by atoms with Crippen LogP contribution in [-0.2, 0) is 14.3 Å². The Balaban J connectivity index is 1.46. The second kappa shape index (κ2) is 9.73. The average molecular weight is 480 g/mol. The van der Waals surface area contributed by atoms with Gasteiger partial charge in [0.25, 0.3) is 0 Å². The molecule has 4 rings (SSSR count). The van der Waals surface area contributed by atoms with Gasteiger partial charge in [-0.15, -0.1) is 0 Å². The number of carbonyl (C=O) groups is 3. The number of nitrogens with one attached hydrogen (secondary N) is 2. The van der Waals surface area contributed by atoms with E-state index >= 15 is 0 Å². The van der Waals surface area contributed by atoms with Crippen molar-refractivity contribution in [3.05, 3.63) is 48.0 Å². The van der Waals surface area contributed by atoms with Gasteiger partial charge in [-0.25, -0.2) is 14.8 Å². The maximum Gasteiger partial charge on any atom is 0.413 e. The van der Waals surface area contributed by atoms with Gasteiger partial charge in [-0.3, -0.25) is 14.9 Å². The zero-order chi connectivity index (χ0) is 25.2. The van der Waals surface area contributed by atoms with Crippen LogP contribution in [0.4, 0.5) is 16.3 Å². The number of likely N-dealkylation sites (tertiary alicyclic amines) is 1. The van der Waals surface area contributed by atoms with Crippen molar-refractivity contribution in [2.75, 3.05) is 17.2 Å². The summed E-state index contributed by atoms with van der Waals surface area (Å²) in [6.45, 7) is 7.50. The molecule has 0 aliphatic carbocycles. The van der Waals surface area contributed by atoms with Crippen LogP contribution in [0, 0.1) is 6.92 Å². The van der Waals surface area contributed by atoms with Crippen molar-refractivity contribution in [3.63, 3.8) is 0 Å². The number of hydrogen-bond donors (Lipinski definition) is 2. The normalized spacial score (nSPS) is 16.1. The second-order valence-electron chi connectivity index (χ2n) is 9.53. The van der Waals surface area contributed by atoms with E-state index in [-0.39, 0.29) is 6.04 Å². The van der Waals surface area contributed by atoms with Gasteiger partial charge < -0.3 is 19.4 Å². The lowest BCUT2D eigenvalue weighted by Crippen LogP contribution is -2.44. The van der Waals surface area contributed by atoms with Gasteiger partial charge in [0.1, 0.15) is 16.9 Å². The number of aryl methyl sites for hydroxylation is 1. The minimum absolute atomic E-state index is 0.268. The predicted molar refractivity (Wildman–Crippen MR) is 130 cm³/mol. The average Bonchev–Trinajstić information content (AvgIpc) is 3.28. The molecule has 3 aromatic rings. The summed E-state index contributed by atoms with van der Waals surface area (Å²) in [6.07, 6.45) is 4.63. The maximum atomic E-state index is 13.2. The number of fused-ring (bicyclic) bond motifs is 1. The van der Waals surface area contributed by atoms with E-state index in [0.717, 1.165) is 24.8 Å². The Labute approximate surface area is 203 Å². The first-order valence-corrected chi connectivity index (χ1v) is 11.5. The minimum Gasteiger partial charge on any atom is -0.444 e. The van der Waals surface area contributed by atoms with Crippen LogP contribution in [0.5, 0.6) is 0 Å². The van der Waals surface area contributed by atoms with E-state index in [1.807, 2.05) is 18.2 Å². The molecule has 1 aliphatic heterocycles. The van der Waals surface area contributed by atoms with Gasteiger partial charge in [-0.05, 0) is 64.7 Å². The molecule has 3 heterocycles. The highest BCUT2D eigenvalue weighted by atomic mass is 16.6. The molecular formula is C25H29N5O5. The van der Waals surface area contributed by atoms with E-state index in [9.17, 15) is 14.4 Å². The van der Waals surface area contributed by atoms with Crippen LogP contribution in [0.15, 0.2) is 41.3 Å². The van der Waals surface area contributed by atoms with Crippen LogP contribution in [0.3, 0.4) is 0 Å². The van der Waals surface area contributed by atoms with Crippen molar-refractivity contribution in [3.8, 4) is 0 Å². The van der Waals surface area contributed by atoms with E-state index in [4.69, 9.17) is 9.15 Å². The Morgan fingerprint density at radius 1 is 1.14 bits per heavy atom. The smallest absolute Gasteiger partial charge is 0.413 e. The quantitative estimate of drug-likeness (QED) is 0.527. The lowest BCUT2D eigenvalue weighted by Gasteiger charge is -2.35. The van der Waals surface area contributed by atoms with Gasteiger partial charge in [0.15, 0.2) is 12.0 Å². The minimum atomic E-state index is -0.752. The summed E-state index contributed by atoms with van der Waals surface area (Å²) in [4.78, 5) is 48.2. The summed E-state index contributed by atoms with van der Waals surface area (Å²) in [7, 11) is 0. The Hall–Kier alpha value is -3.95. The number of amides is 3. The van der Waals surface area contributed by atoms with Crippen molar-refractivity contribution in [1.29, 1.82) is 0 Å². The SMILES string of the molecule is Cc1cc(NC(=O)C(=O)N2CCCCC2c2cccc3ocnc23)cnc1NC(=O)OC(C)(C)C. The van der Waals surface area contributed by atoms with Crippen molar-refractivity contribution in [2.45, 2.75) is 58.6 Å². The molecule has 35 heavy (non-hydrogen) atoms. The fourth-order valence-electron chi connectivity index (χ4n) is 4.16. The highest BCUT2D eigenvalue weighted by Gasteiger charge is 2.33. The third-order valence-corrected chi connectivity index (χ3v) is 5.66. The third kappa shape index (κ3) is 5.59. The molecule has 10 nitrogen and oxygen atoms in total. The van der Waals surface area contributed by atoms with Gasteiger partial charge in [0.05, 0.1) is 17.9 Å². The van der Waals surface area contributed by atoms with Gasteiger partial charge in [0, 0.05) is 12.1 Å². The molecule has 1 saturated heterocycles. The molecule has 1 aromatic carbocycles. The Morgan fingerprint density at radius 3 is 2.69 bits per heavy atom. The standard InChI is InChI=1S/C25H29N5O5/c1-15-12-16(13-26-21(15)29-24(33)35-25(2,3)4)28-22(31)23(32)30-11-6-5-9-18(30)17-8-7-10-19-20(17)27-14-34-19/h7-8,10,12-14,18H,5-6,9,11H2,1-4H3,(H,28,31)(H,26,29,33). The highest BCUT2D eigenvalue weighted by Crippen LogP contribution is 2.34. The van der Waals surface area contributed by atoms with E-state index in [0.29, 0.717) is 34.7 Å². The number of piperidine rings is 1. The summed E-state index contributed by atoms with van der Waals surface area (Å²) in [5.41, 5.74) is 2.53. The van der Waals surface area contributed by atoms with Crippen molar-refractivity contribution in [1.82, 2.24) is 14.9 Å². The lowest BCUT2D eigenvalue weighted by molar-refractivity contribution is -0.145. The molecule has 184 valence electrons. The lowest BCUT2D eigenvalue weighted by atomic mass is 9.94. The zero-order valence-electron chi connectivity index (χ0n) is 20.3. The summed E-state index contributed by atoms with van der Waals surface area (Å²) in [6, 6.07) is 6.97. The van der Waals surface area contributed by atoms with Crippen molar-refractivity contribution >= 4 is 40.5 Å². The largest absolute Gasteiger partial charge is 0.444 e. The van der Waals surface area contributed by atoms with Crippen molar-refractivity contribution in [2.24, 2.45) is 0 Å². The fraction of sp³-hybridized carbons (Fsp3) is 0.400. The molecule has 1 atom stereocenters. The number of pyridine rings is 1. The number of hydrogen-bond acceptors (Lipinski definition) is 7. The van der Waals surface area contributed by atoms with E-state index in [2.05, 4.69) is 20.6 Å². The number of anilines is 2. The first kappa shape index (κ1) is 24.2.